The smallest absolute Gasteiger partial charge is 0.430 e. The predicted octanol–water partition coefficient (Wildman–Crippen LogP) is 7.81. The summed E-state index contributed by atoms with van der Waals surface area (Å²) in [6, 6.07) is 40.4. The Hall–Kier alpha value is -6.18. The zero-order chi connectivity index (χ0) is 43.8. The maximum atomic E-state index is 10.5. The van der Waals surface area contributed by atoms with Crippen LogP contribution in [0.3, 0.4) is 0 Å². The van der Waals surface area contributed by atoms with E-state index in [1.54, 1.807) is 0 Å². The number of halogens is 6. The molecule has 10 rings (SSSR count). The molecule has 8 bridgehead atoms. The van der Waals surface area contributed by atoms with Gasteiger partial charge in [-0.05, 0) is 42.5 Å². The molecule has 0 radical (unpaired) electrons. The quantitative estimate of drug-likeness (QED) is 0.119. The van der Waals surface area contributed by atoms with Crippen LogP contribution >= 0.6 is 0 Å². The second-order valence-corrected chi connectivity index (χ2v) is 14.8. The molecule has 2 N–H and O–H groups in total. The van der Waals surface area contributed by atoms with E-state index < -0.39 is 24.3 Å². The molecule has 0 aliphatic carbocycles. The van der Waals surface area contributed by atoms with E-state index in [-0.39, 0.29) is 0 Å². The number of alkyl halides is 6. The molecule has 2 aromatic heterocycles. The summed E-state index contributed by atoms with van der Waals surface area (Å²) in [6.45, 7) is 3.77. The monoisotopic (exact) mass is 846 g/mol. The van der Waals surface area contributed by atoms with Crippen LogP contribution in [-0.2, 0) is 29.1 Å². The fraction of sp³-hybridized carbons (Fsp3) is 0.319. The van der Waals surface area contributed by atoms with E-state index in [4.69, 9.17) is 19.8 Å². The molecule has 4 aromatic carbocycles. The second-order valence-electron chi connectivity index (χ2n) is 14.8. The summed E-state index contributed by atoms with van der Waals surface area (Å²) in [5.41, 5.74) is 10.4. The van der Waals surface area contributed by atoms with E-state index in [1.807, 2.05) is 0 Å². The number of rotatable bonds is 0. The van der Waals surface area contributed by atoms with Crippen molar-refractivity contribution < 1.29 is 55.3 Å². The number of benzene rings is 4. The Morgan fingerprint density at radius 3 is 1.11 bits per heavy atom. The predicted molar refractivity (Wildman–Crippen MR) is 218 cm³/mol. The van der Waals surface area contributed by atoms with Crippen LogP contribution in [0.4, 0.5) is 37.7 Å². The highest BCUT2D eigenvalue weighted by Gasteiger charge is 2.29. The summed E-state index contributed by atoms with van der Waals surface area (Å²) < 4.78 is 67.8. The number of anilines is 2. The lowest BCUT2D eigenvalue weighted by molar-refractivity contribution is -0.662. The van der Waals surface area contributed by atoms with Crippen molar-refractivity contribution >= 4 is 45.1 Å². The van der Waals surface area contributed by atoms with Gasteiger partial charge in [0.1, 0.15) is 11.9 Å². The van der Waals surface area contributed by atoms with Gasteiger partial charge in [0.05, 0.1) is 22.1 Å². The Kier molecular flexibility index (Phi) is 16.5. The largest absolute Gasteiger partial charge is 0.542 e. The molecule has 6 heterocycles. The van der Waals surface area contributed by atoms with Gasteiger partial charge in [-0.3, -0.25) is 0 Å². The number of carbonyl (C=O) groups excluding carboxylic acids is 2. The van der Waals surface area contributed by atoms with Crippen molar-refractivity contribution in [2.45, 2.75) is 83.2 Å². The number of hydrogen-bond donors (Lipinski definition) is 2. The standard InChI is InChI=1S/C43H46N4.2C2HF3O2/c1-2-4-6-12-28-45-41-26-30-47(43-16-10-8-14-39(41)43)33-37-23-19-35(20-24-37)31-34-17-21-36(22-18-34)32-46-29-25-40(44-27-11-5-3-1)38-13-7-9-15-42(38)46;2*3-2(4,5)1(6)7/h7-10,13-26,29-30H,1-6,11-12,27-28,31-33H2;2*(H,6,7). The first kappa shape index (κ1) is 45.9. The molecule has 8 nitrogen and oxygen atoms in total. The molecule has 0 atom stereocenters. The lowest BCUT2D eigenvalue weighted by Crippen LogP contribution is -2.37. The molecule has 0 amide bonds. The molecule has 4 aliphatic heterocycles. The van der Waals surface area contributed by atoms with Crippen LogP contribution in [0.2, 0.25) is 0 Å². The highest BCUT2D eigenvalue weighted by atomic mass is 19.4. The van der Waals surface area contributed by atoms with Gasteiger partial charge in [-0.1, -0.05) is 111 Å². The van der Waals surface area contributed by atoms with Gasteiger partial charge < -0.3 is 30.4 Å². The van der Waals surface area contributed by atoms with Crippen molar-refractivity contribution in [2.75, 3.05) is 23.7 Å². The van der Waals surface area contributed by atoms with E-state index >= 15 is 0 Å². The van der Waals surface area contributed by atoms with Crippen LogP contribution in [0.25, 0.3) is 21.8 Å². The highest BCUT2D eigenvalue weighted by Crippen LogP contribution is 2.23. The molecule has 14 heteroatoms. The number of aliphatic carboxylic acids is 2. The first-order chi connectivity index (χ1) is 29.2. The third-order valence-corrected chi connectivity index (χ3v) is 10.2. The highest BCUT2D eigenvalue weighted by molar-refractivity contribution is 5.89. The van der Waals surface area contributed by atoms with Crippen molar-refractivity contribution in [1.82, 2.24) is 0 Å². The fourth-order valence-corrected chi connectivity index (χ4v) is 7.07. The number of hydrogen-bond acceptors (Lipinski definition) is 6. The summed E-state index contributed by atoms with van der Waals surface area (Å²) >= 11 is 0. The van der Waals surface area contributed by atoms with Crippen LogP contribution in [0.15, 0.2) is 122 Å². The number of fused-ring (bicyclic) bond motifs is 3. The molecule has 0 unspecified atom stereocenters. The Balaban J connectivity index is 0.000000434. The van der Waals surface area contributed by atoms with Gasteiger partial charge in [0.25, 0.3) is 0 Å². The number of aromatic nitrogens is 2. The van der Waals surface area contributed by atoms with Gasteiger partial charge >= 0.3 is 12.4 Å². The van der Waals surface area contributed by atoms with Crippen molar-refractivity contribution in [3.05, 3.63) is 144 Å². The Bertz CT molecular complexity index is 2190. The van der Waals surface area contributed by atoms with Gasteiger partial charge in [-0.15, -0.1) is 0 Å². The zero-order valence-corrected chi connectivity index (χ0v) is 33.5. The van der Waals surface area contributed by atoms with Gasteiger partial charge in [0.15, 0.2) is 25.5 Å². The first-order valence-corrected chi connectivity index (χ1v) is 20.2. The minimum atomic E-state index is -5.19. The van der Waals surface area contributed by atoms with E-state index in [1.165, 1.54) is 107 Å². The van der Waals surface area contributed by atoms with Gasteiger partial charge in [-0.25, -0.2) is 0 Å². The molecular formula is C47H48F6N4O4. The molecule has 0 saturated heterocycles. The van der Waals surface area contributed by atoms with Crippen LogP contribution in [0.1, 0.15) is 73.6 Å². The van der Waals surface area contributed by atoms with E-state index in [0.717, 1.165) is 32.6 Å². The van der Waals surface area contributed by atoms with Crippen molar-refractivity contribution in [3.63, 3.8) is 0 Å². The van der Waals surface area contributed by atoms with E-state index in [2.05, 4.69) is 141 Å². The third-order valence-electron chi connectivity index (χ3n) is 10.2. The van der Waals surface area contributed by atoms with Gasteiger partial charge in [0.2, 0.25) is 11.0 Å². The summed E-state index contributed by atoms with van der Waals surface area (Å²) in [5, 5.41) is 27.6. The lowest BCUT2D eigenvalue weighted by Gasteiger charge is -2.10. The first-order valence-electron chi connectivity index (χ1n) is 20.2. The average molecular weight is 847 g/mol. The molecule has 0 spiro atoms. The molecule has 322 valence electrons. The van der Waals surface area contributed by atoms with E-state index in [0.29, 0.717) is 0 Å². The van der Waals surface area contributed by atoms with Gasteiger partial charge in [0, 0.05) is 48.5 Å². The lowest BCUT2D eigenvalue weighted by atomic mass is 10.0. The topological polar surface area (TPSA) is 112 Å². The molecule has 61 heavy (non-hydrogen) atoms. The van der Waals surface area contributed by atoms with Crippen LogP contribution in [0, 0.1) is 0 Å². The maximum absolute atomic E-state index is 10.5. The number of pyridine rings is 2. The number of para-hydroxylation sites is 2. The SMILES string of the molecule is O=C([O-])C(F)(F)F.O=C([O-])C(F)(F)F.c1ccc2c(c1)c1cc[n+]2Cc2ccc(cc2)Cc2ccc(cc2)C[n+]2ccc(c3ccccc32)NCCCCCCCCCCN1. The van der Waals surface area contributed by atoms with Crippen LogP contribution in [-0.4, -0.2) is 37.4 Å². The van der Waals surface area contributed by atoms with Gasteiger partial charge in [-0.2, -0.15) is 35.5 Å². The normalized spacial score (nSPS) is 14.4. The number of nitrogens with zero attached hydrogens (tertiary/aromatic N) is 2. The van der Waals surface area contributed by atoms with Crippen molar-refractivity contribution in [3.8, 4) is 0 Å². The minimum absolute atomic E-state index is 0.860. The third kappa shape index (κ3) is 14.2. The van der Waals surface area contributed by atoms with Crippen molar-refractivity contribution in [2.24, 2.45) is 0 Å². The van der Waals surface area contributed by atoms with E-state index in [9.17, 15) is 26.3 Å². The Labute approximate surface area is 350 Å². The zero-order valence-electron chi connectivity index (χ0n) is 33.5. The fourth-order valence-electron chi connectivity index (χ4n) is 7.07. The Morgan fingerprint density at radius 2 is 0.770 bits per heavy atom. The Morgan fingerprint density at radius 1 is 0.459 bits per heavy atom. The summed E-state index contributed by atoms with van der Waals surface area (Å²) in [6.07, 6.45) is 5.39. The van der Waals surface area contributed by atoms with Crippen LogP contribution < -0.4 is 30.0 Å². The van der Waals surface area contributed by atoms with Crippen molar-refractivity contribution in [1.29, 1.82) is 0 Å². The second kappa shape index (κ2) is 21.9. The molecule has 4 aliphatic rings. The number of carboxylic acid groups (broad SMARTS) is 2. The molecule has 0 saturated carbocycles. The maximum Gasteiger partial charge on any atom is 0.430 e. The number of carbonyl (C=O) groups is 2. The van der Waals surface area contributed by atoms with Crippen LogP contribution in [0.5, 0.6) is 0 Å². The number of nitrogens with one attached hydrogen (secondary N) is 2. The molecular weight excluding hydrogens is 799 g/mol. The summed E-state index contributed by atoms with van der Waals surface area (Å²) in [4.78, 5) is 17.6. The summed E-state index contributed by atoms with van der Waals surface area (Å²) in [5.74, 6) is -6.01. The molecule has 6 aromatic rings. The minimum Gasteiger partial charge on any atom is -0.542 e. The average Bonchev–Trinajstić information content (AvgIpc) is 3.23. The summed E-state index contributed by atoms with van der Waals surface area (Å²) in [7, 11) is 0. The number of carboxylic acids is 2. The molecule has 0 fully saturated rings.